The lowest BCUT2D eigenvalue weighted by Gasteiger charge is -2.28. The second kappa shape index (κ2) is 11.5. The normalized spacial score (nSPS) is 16.6. The lowest BCUT2D eigenvalue weighted by molar-refractivity contribution is -0.144. The first-order valence-corrected chi connectivity index (χ1v) is 8.97. The summed E-state index contributed by atoms with van der Waals surface area (Å²) < 4.78 is 0. The Kier molecular flexibility index (Phi) is 10.6. The van der Waals surface area contributed by atoms with Crippen LogP contribution < -0.4 is 21.7 Å². The summed E-state index contributed by atoms with van der Waals surface area (Å²) in [6.07, 6.45) is -0.707. The third-order valence-electron chi connectivity index (χ3n) is 4.29. The topological polar surface area (TPSA) is 171 Å². The molecule has 3 amide bonds. The average Bonchev–Trinajstić information content (AvgIpc) is 2.59. The smallest absolute Gasteiger partial charge is 0.326 e. The Morgan fingerprint density at radius 1 is 0.889 bits per heavy atom. The fraction of sp³-hybridized carbons (Fsp3) is 0.765. The maximum absolute atomic E-state index is 12.6. The van der Waals surface area contributed by atoms with E-state index in [1.165, 1.54) is 6.92 Å². The number of carboxylic acid groups (broad SMARTS) is 1. The molecule has 0 aliphatic rings. The monoisotopic (exact) mass is 388 g/mol. The Balaban J connectivity index is 5.34. The van der Waals surface area contributed by atoms with E-state index in [0.29, 0.717) is 6.42 Å². The predicted octanol–water partition coefficient (Wildman–Crippen LogP) is -1.43. The number of aliphatic carboxylic acids is 1. The highest BCUT2D eigenvalue weighted by molar-refractivity contribution is 5.94. The van der Waals surface area contributed by atoms with Crippen molar-refractivity contribution in [2.45, 2.75) is 65.3 Å². The first-order valence-electron chi connectivity index (χ1n) is 8.97. The molecule has 10 heteroatoms. The molecule has 0 saturated heterocycles. The van der Waals surface area contributed by atoms with E-state index in [2.05, 4.69) is 16.0 Å². The summed E-state index contributed by atoms with van der Waals surface area (Å²) >= 11 is 0. The van der Waals surface area contributed by atoms with Crippen LogP contribution >= 0.6 is 0 Å². The summed E-state index contributed by atoms with van der Waals surface area (Å²) in [6.45, 7) is 7.82. The highest BCUT2D eigenvalue weighted by Gasteiger charge is 2.34. The molecular weight excluding hydrogens is 356 g/mol. The van der Waals surface area contributed by atoms with E-state index in [1.54, 1.807) is 20.8 Å². The SMILES string of the molecule is CCC(C)C(NC(=O)CN)C(=O)NC(C(=O)NC(C(=O)O)C(C)C)C(C)O. The number of aliphatic hydroxyl groups is 1. The number of amides is 3. The Bertz CT molecular complexity index is 538. The van der Waals surface area contributed by atoms with Crippen LogP contribution in [0.1, 0.15) is 41.0 Å². The molecule has 0 aliphatic carbocycles. The molecule has 0 aliphatic heterocycles. The van der Waals surface area contributed by atoms with E-state index in [1.807, 2.05) is 6.92 Å². The zero-order chi connectivity index (χ0) is 21.3. The van der Waals surface area contributed by atoms with Gasteiger partial charge in [-0.2, -0.15) is 0 Å². The molecule has 0 rings (SSSR count). The van der Waals surface area contributed by atoms with Crippen LogP contribution in [0, 0.1) is 11.8 Å². The Hall–Kier alpha value is -2.20. The third-order valence-corrected chi connectivity index (χ3v) is 4.29. The van der Waals surface area contributed by atoms with Gasteiger partial charge < -0.3 is 31.9 Å². The average molecular weight is 388 g/mol. The molecule has 0 aromatic carbocycles. The Morgan fingerprint density at radius 3 is 1.74 bits per heavy atom. The molecule has 27 heavy (non-hydrogen) atoms. The van der Waals surface area contributed by atoms with E-state index in [0.717, 1.165) is 0 Å². The van der Waals surface area contributed by atoms with Crippen LogP contribution in [-0.2, 0) is 19.2 Å². The number of nitrogens with two attached hydrogens (primary N) is 1. The molecule has 10 nitrogen and oxygen atoms in total. The van der Waals surface area contributed by atoms with Crippen molar-refractivity contribution in [1.82, 2.24) is 16.0 Å². The number of hydrogen-bond donors (Lipinski definition) is 6. The molecule has 0 saturated carbocycles. The van der Waals surface area contributed by atoms with Gasteiger partial charge in [-0.15, -0.1) is 0 Å². The predicted molar refractivity (Wildman–Crippen MR) is 98.5 cm³/mol. The molecule has 0 heterocycles. The van der Waals surface area contributed by atoms with Gasteiger partial charge >= 0.3 is 5.97 Å². The van der Waals surface area contributed by atoms with Crippen LogP contribution in [-0.4, -0.2) is 64.7 Å². The minimum atomic E-state index is -1.38. The molecule has 5 atom stereocenters. The lowest BCUT2D eigenvalue weighted by Crippen LogP contribution is -2.60. The van der Waals surface area contributed by atoms with Gasteiger partial charge in [0, 0.05) is 0 Å². The lowest BCUT2D eigenvalue weighted by atomic mass is 9.97. The van der Waals surface area contributed by atoms with E-state index >= 15 is 0 Å². The van der Waals surface area contributed by atoms with Crippen molar-refractivity contribution in [2.75, 3.05) is 6.54 Å². The van der Waals surface area contributed by atoms with Crippen LogP contribution in [0.5, 0.6) is 0 Å². The van der Waals surface area contributed by atoms with Gasteiger partial charge in [-0.1, -0.05) is 34.1 Å². The molecular formula is C17H32N4O6. The highest BCUT2D eigenvalue weighted by atomic mass is 16.4. The standard InChI is InChI=1S/C17H32N4O6/c1-6-9(4)13(19-11(23)7-18)15(24)21-14(10(5)22)16(25)20-12(8(2)3)17(26)27/h8-10,12-14,22H,6-7,18H2,1-5H3,(H,19,23)(H,20,25)(H,21,24)(H,26,27). The zero-order valence-electron chi connectivity index (χ0n) is 16.5. The van der Waals surface area contributed by atoms with Crippen LogP contribution in [0.15, 0.2) is 0 Å². The number of hydrogen-bond acceptors (Lipinski definition) is 6. The Morgan fingerprint density at radius 2 is 1.37 bits per heavy atom. The first-order chi connectivity index (χ1) is 12.5. The van der Waals surface area contributed by atoms with Gasteiger partial charge in [-0.25, -0.2) is 4.79 Å². The van der Waals surface area contributed by atoms with Crippen LogP contribution in [0.2, 0.25) is 0 Å². The number of carbonyl (C=O) groups is 4. The zero-order valence-corrected chi connectivity index (χ0v) is 16.5. The van der Waals surface area contributed by atoms with Gasteiger partial charge in [0.1, 0.15) is 18.1 Å². The second-order valence-electron chi connectivity index (χ2n) is 6.93. The molecule has 156 valence electrons. The summed E-state index contributed by atoms with van der Waals surface area (Å²) in [5, 5.41) is 26.3. The molecule has 5 unspecified atom stereocenters. The number of aliphatic hydroxyl groups excluding tert-OH is 1. The summed E-state index contributed by atoms with van der Waals surface area (Å²) in [5.41, 5.74) is 5.27. The van der Waals surface area contributed by atoms with Gasteiger partial charge in [0.25, 0.3) is 0 Å². The quantitative estimate of drug-likeness (QED) is 0.252. The van der Waals surface area contributed by atoms with Gasteiger partial charge in [0.15, 0.2) is 0 Å². The van der Waals surface area contributed by atoms with E-state index < -0.39 is 53.8 Å². The summed E-state index contributed by atoms with van der Waals surface area (Å²) in [5.74, 6) is -3.88. The first kappa shape index (κ1) is 24.8. The fourth-order valence-electron chi connectivity index (χ4n) is 2.34. The molecule has 0 spiro atoms. The van der Waals surface area contributed by atoms with Crippen LogP contribution in [0.3, 0.4) is 0 Å². The number of nitrogens with one attached hydrogen (secondary N) is 3. The van der Waals surface area contributed by atoms with Crippen molar-refractivity contribution < 1.29 is 29.4 Å². The highest BCUT2D eigenvalue weighted by Crippen LogP contribution is 2.09. The molecule has 0 fully saturated rings. The molecule has 0 radical (unpaired) electrons. The maximum atomic E-state index is 12.6. The molecule has 0 aromatic rings. The van der Waals surface area contributed by atoms with Crippen molar-refractivity contribution in [3.05, 3.63) is 0 Å². The van der Waals surface area contributed by atoms with E-state index in [9.17, 15) is 29.4 Å². The van der Waals surface area contributed by atoms with Crippen molar-refractivity contribution in [3.8, 4) is 0 Å². The van der Waals surface area contributed by atoms with E-state index in [-0.39, 0.29) is 12.5 Å². The minimum Gasteiger partial charge on any atom is -0.480 e. The second-order valence-corrected chi connectivity index (χ2v) is 6.93. The number of carboxylic acids is 1. The summed E-state index contributed by atoms with van der Waals surface area (Å²) in [4.78, 5) is 47.9. The fourth-order valence-corrected chi connectivity index (χ4v) is 2.34. The maximum Gasteiger partial charge on any atom is 0.326 e. The largest absolute Gasteiger partial charge is 0.480 e. The van der Waals surface area contributed by atoms with Gasteiger partial charge in [-0.05, 0) is 18.8 Å². The molecule has 0 bridgehead atoms. The summed E-state index contributed by atoms with van der Waals surface area (Å²) in [7, 11) is 0. The van der Waals surface area contributed by atoms with Crippen LogP contribution in [0.25, 0.3) is 0 Å². The van der Waals surface area contributed by atoms with Crippen molar-refractivity contribution >= 4 is 23.7 Å². The molecule has 7 N–H and O–H groups in total. The third kappa shape index (κ3) is 7.92. The van der Waals surface area contributed by atoms with E-state index in [4.69, 9.17) is 5.73 Å². The van der Waals surface area contributed by atoms with Gasteiger partial charge in [0.05, 0.1) is 12.6 Å². The van der Waals surface area contributed by atoms with Gasteiger partial charge in [0.2, 0.25) is 17.7 Å². The number of rotatable bonds is 11. The summed E-state index contributed by atoms with van der Waals surface area (Å²) in [6, 6.07) is -3.49. The molecule has 0 aromatic heterocycles. The van der Waals surface area contributed by atoms with Crippen LogP contribution in [0.4, 0.5) is 0 Å². The van der Waals surface area contributed by atoms with Gasteiger partial charge in [-0.3, -0.25) is 14.4 Å². The minimum absolute atomic E-state index is 0.249. The number of carbonyl (C=O) groups excluding carboxylic acids is 3. The van der Waals surface area contributed by atoms with Crippen molar-refractivity contribution in [2.24, 2.45) is 17.6 Å². The van der Waals surface area contributed by atoms with Crippen molar-refractivity contribution in [1.29, 1.82) is 0 Å². The van der Waals surface area contributed by atoms with Crippen molar-refractivity contribution in [3.63, 3.8) is 0 Å². The Labute approximate surface area is 159 Å².